The highest BCUT2D eigenvalue weighted by Crippen LogP contribution is 2.22. The maximum atomic E-state index is 11.6. The maximum Gasteiger partial charge on any atom is 0.222 e. The van der Waals surface area contributed by atoms with Crippen LogP contribution in [0.4, 0.5) is 5.82 Å². The summed E-state index contributed by atoms with van der Waals surface area (Å²) in [6, 6.07) is 3.52. The van der Waals surface area contributed by atoms with Crippen LogP contribution >= 0.6 is 11.6 Å². The van der Waals surface area contributed by atoms with Crippen LogP contribution in [0.25, 0.3) is 0 Å². The summed E-state index contributed by atoms with van der Waals surface area (Å²) < 4.78 is 0. The highest BCUT2D eigenvalue weighted by Gasteiger charge is 2.13. The predicted octanol–water partition coefficient (Wildman–Crippen LogP) is 2.32. The molecule has 1 aromatic rings. The Morgan fingerprint density at radius 2 is 2.21 bits per heavy atom. The fraction of sp³-hybridized carbons (Fsp3) is 0.462. The normalized spacial score (nSPS) is 10.7. The van der Waals surface area contributed by atoms with E-state index < -0.39 is 0 Å². The van der Waals surface area contributed by atoms with Crippen molar-refractivity contribution in [2.45, 2.75) is 32.7 Å². The standard InChI is InChI=1S/C13H17ClN4O/c1-13(2,3)18-10(19)5-7-17-12-11(14)9(8-15)4-6-16-12/h4,6H,5,7H2,1-3H3,(H,16,17)(H,18,19). The summed E-state index contributed by atoms with van der Waals surface area (Å²) in [7, 11) is 0. The molecule has 0 fully saturated rings. The number of hydrogen-bond acceptors (Lipinski definition) is 4. The zero-order chi connectivity index (χ0) is 14.5. The van der Waals surface area contributed by atoms with Crippen molar-refractivity contribution in [2.75, 3.05) is 11.9 Å². The van der Waals surface area contributed by atoms with Crippen molar-refractivity contribution in [2.24, 2.45) is 0 Å². The van der Waals surface area contributed by atoms with Crippen molar-refractivity contribution in [3.05, 3.63) is 22.8 Å². The second-order valence-corrected chi connectivity index (χ2v) is 5.49. The Kier molecular flexibility index (Phi) is 5.13. The van der Waals surface area contributed by atoms with E-state index in [4.69, 9.17) is 16.9 Å². The van der Waals surface area contributed by atoms with E-state index in [1.165, 1.54) is 6.20 Å². The molecule has 1 aromatic heterocycles. The first-order valence-corrected chi connectivity index (χ1v) is 6.31. The average molecular weight is 281 g/mol. The summed E-state index contributed by atoms with van der Waals surface area (Å²) >= 11 is 5.98. The number of carbonyl (C=O) groups excluding carboxylic acids is 1. The molecule has 1 amide bonds. The minimum Gasteiger partial charge on any atom is -0.368 e. The molecule has 0 unspecified atom stereocenters. The zero-order valence-electron chi connectivity index (χ0n) is 11.2. The molecule has 0 bridgehead atoms. The molecule has 0 spiro atoms. The topological polar surface area (TPSA) is 77.8 Å². The molecule has 0 aromatic carbocycles. The fourth-order valence-corrected chi connectivity index (χ4v) is 1.65. The fourth-order valence-electron chi connectivity index (χ4n) is 1.43. The predicted molar refractivity (Wildman–Crippen MR) is 75.0 cm³/mol. The number of hydrogen-bond donors (Lipinski definition) is 2. The van der Waals surface area contributed by atoms with Crippen molar-refractivity contribution >= 4 is 23.3 Å². The Bertz CT molecular complexity index is 502. The number of nitriles is 1. The zero-order valence-corrected chi connectivity index (χ0v) is 12.0. The van der Waals surface area contributed by atoms with Crippen LogP contribution in [0, 0.1) is 11.3 Å². The molecule has 19 heavy (non-hydrogen) atoms. The number of nitrogens with one attached hydrogen (secondary N) is 2. The lowest BCUT2D eigenvalue weighted by molar-refractivity contribution is -0.122. The summed E-state index contributed by atoms with van der Waals surface area (Å²) in [5, 5.41) is 14.9. The van der Waals surface area contributed by atoms with Crippen molar-refractivity contribution in [1.29, 1.82) is 5.26 Å². The number of nitrogens with zero attached hydrogens (tertiary/aromatic N) is 2. The molecule has 0 aliphatic rings. The molecule has 2 N–H and O–H groups in total. The van der Waals surface area contributed by atoms with Gasteiger partial charge >= 0.3 is 0 Å². The van der Waals surface area contributed by atoms with Crippen molar-refractivity contribution in [1.82, 2.24) is 10.3 Å². The Labute approximate surface area is 118 Å². The molecule has 102 valence electrons. The number of aromatic nitrogens is 1. The first-order valence-electron chi connectivity index (χ1n) is 5.93. The van der Waals surface area contributed by atoms with Crippen LogP contribution in [-0.4, -0.2) is 23.0 Å². The van der Waals surface area contributed by atoms with Crippen LogP contribution in [0.2, 0.25) is 5.02 Å². The Morgan fingerprint density at radius 1 is 1.53 bits per heavy atom. The van der Waals surface area contributed by atoms with E-state index in [1.807, 2.05) is 26.8 Å². The van der Waals surface area contributed by atoms with Gasteiger partial charge in [0.05, 0.1) is 5.56 Å². The molecule has 5 nitrogen and oxygen atoms in total. The second kappa shape index (κ2) is 6.39. The van der Waals surface area contributed by atoms with E-state index in [0.717, 1.165) is 0 Å². The Balaban J connectivity index is 2.51. The lowest BCUT2D eigenvalue weighted by Crippen LogP contribution is -2.41. The quantitative estimate of drug-likeness (QED) is 0.887. The SMILES string of the molecule is CC(C)(C)NC(=O)CCNc1nccc(C#N)c1Cl. The van der Waals surface area contributed by atoms with Gasteiger partial charge in [0, 0.05) is 24.7 Å². The molecule has 0 saturated carbocycles. The third kappa shape index (κ3) is 5.14. The maximum absolute atomic E-state index is 11.6. The Hall–Kier alpha value is -1.80. The third-order valence-electron chi connectivity index (χ3n) is 2.17. The van der Waals surface area contributed by atoms with Gasteiger partial charge in [0.25, 0.3) is 0 Å². The molecule has 0 saturated heterocycles. The molecule has 1 heterocycles. The number of amides is 1. The van der Waals surface area contributed by atoms with Gasteiger partial charge in [-0.1, -0.05) is 11.6 Å². The van der Waals surface area contributed by atoms with Crippen LogP contribution < -0.4 is 10.6 Å². The van der Waals surface area contributed by atoms with Gasteiger partial charge in [0.2, 0.25) is 5.91 Å². The van der Waals surface area contributed by atoms with E-state index in [1.54, 1.807) is 6.07 Å². The van der Waals surface area contributed by atoms with Crippen LogP contribution in [0.5, 0.6) is 0 Å². The van der Waals surface area contributed by atoms with E-state index in [9.17, 15) is 4.79 Å². The minimum atomic E-state index is -0.242. The largest absolute Gasteiger partial charge is 0.368 e. The molecular formula is C13H17ClN4O. The molecule has 0 aliphatic carbocycles. The van der Waals surface area contributed by atoms with E-state index >= 15 is 0 Å². The number of carbonyl (C=O) groups is 1. The second-order valence-electron chi connectivity index (χ2n) is 5.11. The summed E-state index contributed by atoms with van der Waals surface area (Å²) in [4.78, 5) is 15.6. The smallest absolute Gasteiger partial charge is 0.222 e. The number of rotatable bonds is 4. The molecule has 6 heteroatoms. The monoisotopic (exact) mass is 280 g/mol. The van der Waals surface area contributed by atoms with Gasteiger partial charge in [-0.25, -0.2) is 4.98 Å². The molecular weight excluding hydrogens is 264 g/mol. The van der Waals surface area contributed by atoms with Crippen LogP contribution in [0.1, 0.15) is 32.8 Å². The van der Waals surface area contributed by atoms with Crippen LogP contribution in [0.15, 0.2) is 12.3 Å². The van der Waals surface area contributed by atoms with Crippen molar-refractivity contribution < 1.29 is 4.79 Å². The lowest BCUT2D eigenvalue weighted by atomic mass is 10.1. The van der Waals surface area contributed by atoms with E-state index in [-0.39, 0.29) is 16.5 Å². The highest BCUT2D eigenvalue weighted by molar-refractivity contribution is 6.34. The van der Waals surface area contributed by atoms with E-state index in [2.05, 4.69) is 15.6 Å². The van der Waals surface area contributed by atoms with Gasteiger partial charge in [-0.2, -0.15) is 5.26 Å². The molecule has 1 rings (SSSR count). The van der Waals surface area contributed by atoms with Crippen molar-refractivity contribution in [3.8, 4) is 6.07 Å². The number of anilines is 1. The van der Waals surface area contributed by atoms with Crippen LogP contribution in [0.3, 0.4) is 0 Å². The number of pyridine rings is 1. The molecule has 0 radical (unpaired) electrons. The first kappa shape index (κ1) is 15.3. The third-order valence-corrected chi connectivity index (χ3v) is 2.55. The van der Waals surface area contributed by atoms with E-state index in [0.29, 0.717) is 24.3 Å². The van der Waals surface area contributed by atoms with Gasteiger partial charge < -0.3 is 10.6 Å². The van der Waals surface area contributed by atoms with Gasteiger partial charge in [0.15, 0.2) is 0 Å². The molecule has 0 atom stereocenters. The summed E-state index contributed by atoms with van der Waals surface area (Å²) in [6.07, 6.45) is 1.81. The van der Waals surface area contributed by atoms with Gasteiger partial charge in [-0.3, -0.25) is 4.79 Å². The van der Waals surface area contributed by atoms with Gasteiger partial charge in [0.1, 0.15) is 16.9 Å². The molecule has 0 aliphatic heterocycles. The van der Waals surface area contributed by atoms with Crippen LogP contribution in [-0.2, 0) is 4.79 Å². The highest BCUT2D eigenvalue weighted by atomic mass is 35.5. The lowest BCUT2D eigenvalue weighted by Gasteiger charge is -2.20. The van der Waals surface area contributed by atoms with Gasteiger partial charge in [-0.15, -0.1) is 0 Å². The first-order chi connectivity index (χ1) is 8.83. The summed E-state index contributed by atoms with van der Waals surface area (Å²) in [5.41, 5.74) is 0.117. The van der Waals surface area contributed by atoms with Crippen molar-refractivity contribution in [3.63, 3.8) is 0 Å². The average Bonchev–Trinajstić information content (AvgIpc) is 2.29. The minimum absolute atomic E-state index is 0.0486. The van der Waals surface area contributed by atoms with Gasteiger partial charge in [-0.05, 0) is 26.8 Å². The number of halogens is 1. The summed E-state index contributed by atoms with van der Waals surface area (Å²) in [6.45, 7) is 6.18. The summed E-state index contributed by atoms with van der Waals surface area (Å²) in [5.74, 6) is 0.372. The Morgan fingerprint density at radius 3 is 2.79 bits per heavy atom.